The van der Waals surface area contributed by atoms with Crippen LogP contribution in [0.25, 0.3) is 5.65 Å². The van der Waals surface area contributed by atoms with Gasteiger partial charge in [-0.05, 0) is 47.5 Å². The van der Waals surface area contributed by atoms with Gasteiger partial charge in [-0.15, -0.1) is 0 Å². The lowest BCUT2D eigenvalue weighted by molar-refractivity contribution is -0.121. The number of ether oxygens (including phenoxy) is 3. The van der Waals surface area contributed by atoms with Gasteiger partial charge in [-0.25, -0.2) is 4.98 Å². The van der Waals surface area contributed by atoms with Crippen LogP contribution in [0.4, 0.5) is 0 Å². The van der Waals surface area contributed by atoms with Crippen LogP contribution < -0.4 is 19.5 Å². The smallest absolute Gasteiger partial charge is 0.221 e. The van der Waals surface area contributed by atoms with Crippen molar-refractivity contribution in [3.05, 3.63) is 114 Å². The van der Waals surface area contributed by atoms with Crippen molar-refractivity contribution in [1.82, 2.24) is 14.7 Å². The van der Waals surface area contributed by atoms with E-state index < -0.39 is 0 Å². The van der Waals surface area contributed by atoms with Gasteiger partial charge in [-0.3, -0.25) is 4.79 Å². The van der Waals surface area contributed by atoms with Gasteiger partial charge in [-0.2, -0.15) is 0 Å². The second-order valence-electron chi connectivity index (χ2n) is 8.78. The molecule has 0 saturated heterocycles. The van der Waals surface area contributed by atoms with Crippen LogP contribution in [0, 0.1) is 0 Å². The summed E-state index contributed by atoms with van der Waals surface area (Å²) in [5.41, 5.74) is 3.45. The van der Waals surface area contributed by atoms with Gasteiger partial charge in [0.25, 0.3) is 0 Å². The molecule has 5 rings (SSSR count). The fourth-order valence-corrected chi connectivity index (χ4v) is 4.39. The number of carbonyl (C=O) groups is 1. The lowest BCUT2D eigenvalue weighted by Crippen LogP contribution is -2.25. The van der Waals surface area contributed by atoms with Gasteiger partial charge < -0.3 is 28.3 Å². The number of hydrogen-bond donors (Lipinski definition) is 1. The largest absolute Gasteiger partial charge is 0.497 e. The number of imidazole rings is 1. The highest BCUT2D eigenvalue weighted by molar-refractivity contribution is 5.77. The first kappa shape index (κ1) is 25.0. The molecule has 8 heteroatoms. The van der Waals surface area contributed by atoms with Crippen molar-refractivity contribution in [2.45, 2.75) is 25.5 Å². The van der Waals surface area contributed by atoms with Crippen molar-refractivity contribution in [3.8, 4) is 17.2 Å². The number of rotatable bonds is 11. The number of furan rings is 1. The van der Waals surface area contributed by atoms with Gasteiger partial charge >= 0.3 is 0 Å². The van der Waals surface area contributed by atoms with Crippen LogP contribution in [0.15, 0.2) is 95.9 Å². The van der Waals surface area contributed by atoms with E-state index in [-0.39, 0.29) is 18.2 Å². The van der Waals surface area contributed by atoms with Gasteiger partial charge in [-0.1, -0.05) is 30.3 Å². The Balaban J connectivity index is 1.48. The first-order chi connectivity index (χ1) is 18.6. The van der Waals surface area contributed by atoms with Gasteiger partial charge in [0.2, 0.25) is 5.91 Å². The maximum absolute atomic E-state index is 13.1. The average Bonchev–Trinajstić information content (AvgIpc) is 3.64. The molecule has 0 aliphatic heterocycles. The van der Waals surface area contributed by atoms with Crippen molar-refractivity contribution in [2.24, 2.45) is 0 Å². The van der Waals surface area contributed by atoms with Crippen LogP contribution >= 0.6 is 0 Å². The van der Waals surface area contributed by atoms with Gasteiger partial charge in [0.05, 0.1) is 32.7 Å². The van der Waals surface area contributed by atoms with E-state index in [2.05, 4.69) is 10.3 Å². The summed E-state index contributed by atoms with van der Waals surface area (Å²) in [6.45, 7) is 0.735. The van der Waals surface area contributed by atoms with Crippen molar-refractivity contribution in [1.29, 1.82) is 0 Å². The standard InChI is InChI=1S/C30H29N3O5/c1-35-24-14-22(15-25(16-24)36-2)26(17-29(34)31-18-23-10-7-13-37-23)27-19-32-30-28(11-6-12-33(27)30)38-20-21-8-4-3-5-9-21/h3-16,19,26H,17-18,20H2,1-2H3,(H,31,34). The van der Waals surface area contributed by atoms with Crippen LogP contribution in [-0.4, -0.2) is 29.5 Å². The minimum Gasteiger partial charge on any atom is -0.497 e. The molecule has 1 atom stereocenters. The molecule has 8 nitrogen and oxygen atoms in total. The molecule has 1 unspecified atom stereocenters. The molecule has 38 heavy (non-hydrogen) atoms. The fraction of sp³-hybridized carbons (Fsp3) is 0.200. The maximum Gasteiger partial charge on any atom is 0.221 e. The SMILES string of the molecule is COc1cc(OC)cc(C(CC(=O)NCc2ccco2)c2cnc3c(OCc4ccccc4)cccn23)c1. The Labute approximate surface area is 220 Å². The first-order valence-electron chi connectivity index (χ1n) is 12.3. The third kappa shape index (κ3) is 5.64. The number of amides is 1. The number of aromatic nitrogens is 2. The molecule has 3 heterocycles. The predicted molar refractivity (Wildman–Crippen MR) is 143 cm³/mol. The summed E-state index contributed by atoms with van der Waals surface area (Å²) >= 11 is 0. The number of fused-ring (bicyclic) bond motifs is 1. The Morgan fingerprint density at radius 3 is 2.50 bits per heavy atom. The Morgan fingerprint density at radius 2 is 1.79 bits per heavy atom. The molecule has 0 aliphatic carbocycles. The molecule has 5 aromatic rings. The molecule has 1 N–H and O–H groups in total. The number of benzene rings is 2. The van der Waals surface area contributed by atoms with E-state index in [9.17, 15) is 4.79 Å². The zero-order valence-electron chi connectivity index (χ0n) is 21.3. The summed E-state index contributed by atoms with van der Waals surface area (Å²) in [6.07, 6.45) is 5.49. The highest BCUT2D eigenvalue weighted by atomic mass is 16.5. The minimum atomic E-state index is -0.338. The van der Waals surface area contributed by atoms with Crippen molar-refractivity contribution >= 4 is 11.6 Å². The van der Waals surface area contributed by atoms with E-state index in [4.69, 9.17) is 18.6 Å². The molecule has 3 aromatic heterocycles. The van der Waals surface area contributed by atoms with Crippen molar-refractivity contribution in [2.75, 3.05) is 14.2 Å². The summed E-state index contributed by atoms with van der Waals surface area (Å²) in [6, 6.07) is 23.1. The number of pyridine rings is 1. The molecule has 194 valence electrons. The fourth-order valence-electron chi connectivity index (χ4n) is 4.39. The van der Waals surface area contributed by atoms with E-state index in [1.807, 2.05) is 77.3 Å². The Morgan fingerprint density at radius 1 is 1.00 bits per heavy atom. The number of methoxy groups -OCH3 is 2. The van der Waals surface area contributed by atoms with Crippen LogP contribution in [0.1, 0.15) is 34.9 Å². The number of nitrogens with zero attached hydrogens (tertiary/aromatic N) is 2. The predicted octanol–water partition coefficient (Wildman–Crippen LogP) is 5.36. The van der Waals surface area contributed by atoms with E-state index in [1.165, 1.54) is 0 Å². The number of hydrogen-bond acceptors (Lipinski definition) is 6. The second-order valence-corrected chi connectivity index (χ2v) is 8.78. The van der Waals surface area contributed by atoms with Crippen LogP contribution in [0.3, 0.4) is 0 Å². The highest BCUT2D eigenvalue weighted by Crippen LogP contribution is 2.35. The maximum atomic E-state index is 13.1. The molecule has 0 aliphatic rings. The molecule has 0 spiro atoms. The summed E-state index contributed by atoms with van der Waals surface area (Å²) in [7, 11) is 3.21. The summed E-state index contributed by atoms with van der Waals surface area (Å²) in [4.78, 5) is 17.8. The van der Waals surface area contributed by atoms with Crippen LogP contribution in [0.5, 0.6) is 17.2 Å². The molecule has 2 aromatic carbocycles. The molecular weight excluding hydrogens is 482 g/mol. The molecule has 0 saturated carbocycles. The molecule has 0 fully saturated rings. The Hall–Kier alpha value is -4.72. The van der Waals surface area contributed by atoms with Gasteiger partial charge in [0.1, 0.15) is 23.9 Å². The highest BCUT2D eigenvalue weighted by Gasteiger charge is 2.24. The zero-order valence-corrected chi connectivity index (χ0v) is 21.3. The Kier molecular flexibility index (Phi) is 7.59. The van der Waals surface area contributed by atoms with Crippen molar-refractivity contribution in [3.63, 3.8) is 0 Å². The number of carbonyl (C=O) groups excluding carboxylic acids is 1. The quantitative estimate of drug-likeness (QED) is 0.257. The molecule has 1 amide bonds. The van der Waals surface area contributed by atoms with E-state index in [0.29, 0.717) is 41.8 Å². The van der Waals surface area contributed by atoms with E-state index >= 15 is 0 Å². The van der Waals surface area contributed by atoms with Crippen LogP contribution in [0.2, 0.25) is 0 Å². The summed E-state index contributed by atoms with van der Waals surface area (Å²) in [5.74, 6) is 2.16. The van der Waals surface area contributed by atoms with Crippen LogP contribution in [-0.2, 0) is 17.9 Å². The van der Waals surface area contributed by atoms with Gasteiger partial charge in [0, 0.05) is 30.8 Å². The second kappa shape index (κ2) is 11.6. The molecule has 0 bridgehead atoms. The average molecular weight is 512 g/mol. The molecule has 0 radical (unpaired) electrons. The summed E-state index contributed by atoms with van der Waals surface area (Å²) < 4.78 is 24.5. The minimum absolute atomic E-state index is 0.125. The topological polar surface area (TPSA) is 87.2 Å². The van der Waals surface area contributed by atoms with E-state index in [1.54, 1.807) is 32.7 Å². The Bertz CT molecular complexity index is 1470. The van der Waals surface area contributed by atoms with E-state index in [0.717, 1.165) is 16.8 Å². The molecular formula is C30H29N3O5. The van der Waals surface area contributed by atoms with Crippen molar-refractivity contribution < 1.29 is 23.4 Å². The first-order valence-corrected chi connectivity index (χ1v) is 12.3. The monoisotopic (exact) mass is 511 g/mol. The number of nitrogens with one attached hydrogen (secondary N) is 1. The zero-order chi connectivity index (χ0) is 26.3. The lowest BCUT2D eigenvalue weighted by atomic mass is 9.91. The third-order valence-corrected chi connectivity index (χ3v) is 6.33. The van der Waals surface area contributed by atoms with Gasteiger partial charge in [0.15, 0.2) is 11.4 Å². The summed E-state index contributed by atoms with van der Waals surface area (Å²) in [5, 5.41) is 2.95. The lowest BCUT2D eigenvalue weighted by Gasteiger charge is -2.19. The third-order valence-electron chi connectivity index (χ3n) is 6.33. The normalized spacial score (nSPS) is 11.7.